The maximum atomic E-state index is 10.6. The molecule has 0 radical (unpaired) electrons. The summed E-state index contributed by atoms with van der Waals surface area (Å²) in [4.78, 5) is 21.8. The molecule has 0 spiro atoms. The van der Waals surface area contributed by atoms with E-state index in [1.54, 1.807) is 14.1 Å². The Kier molecular flexibility index (Phi) is 3.17. The van der Waals surface area contributed by atoms with Crippen LogP contribution in [0, 0.1) is 0 Å². The third-order valence-electron chi connectivity index (χ3n) is 0.809. The molecule has 0 heterocycles. The maximum Gasteiger partial charge on any atom is 0.328 e. The quantitative estimate of drug-likeness (QED) is 0.540. The lowest BCUT2D eigenvalue weighted by Gasteiger charge is -2.03. The molecule has 0 saturated carbocycles. The van der Waals surface area contributed by atoms with E-state index in [9.17, 15) is 9.59 Å². The molecule has 0 aliphatic heterocycles. The Morgan fingerprint density at radius 2 is 1.80 bits per heavy atom. The van der Waals surface area contributed by atoms with Crippen LogP contribution < -0.4 is 0 Å². The first-order valence-electron chi connectivity index (χ1n) is 2.66. The molecular weight excluding hydrogens is 134 g/mol. The molecule has 0 aromatic rings. The molecular formula is C6H9NO3. The highest BCUT2D eigenvalue weighted by Crippen LogP contribution is 1.80. The highest BCUT2D eigenvalue weighted by molar-refractivity contribution is 5.93. The summed E-state index contributed by atoms with van der Waals surface area (Å²) in [5.74, 6) is -1.45. The first-order valence-corrected chi connectivity index (χ1v) is 2.66. The standard InChI is InChI=1S/C6H9NO3/c1-7(2)5(8)3-4-6(9)10/h3-4H,1-2H3,(H,9,10). The number of likely N-dealkylation sites (N-methyl/N-ethyl adjacent to an activating group) is 1. The normalized spacial score (nSPS) is 9.80. The third kappa shape index (κ3) is 3.65. The monoisotopic (exact) mass is 143 g/mol. The van der Waals surface area contributed by atoms with E-state index in [-0.39, 0.29) is 5.91 Å². The van der Waals surface area contributed by atoms with Crippen molar-refractivity contribution in [2.45, 2.75) is 0 Å². The van der Waals surface area contributed by atoms with Crippen molar-refractivity contribution < 1.29 is 14.7 Å². The lowest BCUT2D eigenvalue weighted by Crippen LogP contribution is -2.19. The van der Waals surface area contributed by atoms with Crippen LogP contribution in [0.1, 0.15) is 0 Å². The molecule has 0 aromatic carbocycles. The zero-order chi connectivity index (χ0) is 8.15. The Balaban J connectivity index is 3.90. The molecule has 0 unspecified atom stereocenters. The zero-order valence-electron chi connectivity index (χ0n) is 5.87. The van der Waals surface area contributed by atoms with Crippen LogP contribution in [-0.2, 0) is 9.59 Å². The van der Waals surface area contributed by atoms with Crippen LogP contribution in [0.25, 0.3) is 0 Å². The number of carboxylic acids is 1. The second-order valence-electron chi connectivity index (χ2n) is 1.90. The molecule has 4 nitrogen and oxygen atoms in total. The van der Waals surface area contributed by atoms with Crippen LogP contribution in [0.15, 0.2) is 12.2 Å². The molecule has 10 heavy (non-hydrogen) atoms. The summed E-state index contributed by atoms with van der Waals surface area (Å²) < 4.78 is 0. The van der Waals surface area contributed by atoms with Crippen LogP contribution >= 0.6 is 0 Å². The van der Waals surface area contributed by atoms with Crippen LogP contribution in [0.5, 0.6) is 0 Å². The summed E-state index contributed by atoms with van der Waals surface area (Å²) in [5.41, 5.74) is 0. The summed E-state index contributed by atoms with van der Waals surface area (Å²) in [6, 6.07) is 0. The summed E-state index contributed by atoms with van der Waals surface area (Å²) in [5, 5.41) is 8.09. The predicted octanol–water partition coefficient (Wildman–Crippen LogP) is -0.285. The Labute approximate surface area is 58.8 Å². The lowest BCUT2D eigenvalue weighted by molar-refractivity contribution is -0.132. The molecule has 0 atom stereocenters. The third-order valence-corrected chi connectivity index (χ3v) is 0.809. The number of nitrogens with zero attached hydrogens (tertiary/aromatic N) is 1. The minimum absolute atomic E-state index is 0.331. The van der Waals surface area contributed by atoms with E-state index >= 15 is 0 Å². The van der Waals surface area contributed by atoms with E-state index in [0.717, 1.165) is 12.2 Å². The number of rotatable bonds is 2. The van der Waals surface area contributed by atoms with Crippen molar-refractivity contribution in [2.75, 3.05) is 14.1 Å². The first kappa shape index (κ1) is 8.68. The van der Waals surface area contributed by atoms with Gasteiger partial charge < -0.3 is 10.0 Å². The van der Waals surface area contributed by atoms with Crippen molar-refractivity contribution in [1.82, 2.24) is 4.90 Å². The SMILES string of the molecule is CN(C)C(=O)C=CC(=O)O. The van der Waals surface area contributed by atoms with Crippen molar-refractivity contribution in [3.63, 3.8) is 0 Å². The summed E-state index contributed by atoms with van der Waals surface area (Å²) in [6.45, 7) is 0. The van der Waals surface area contributed by atoms with Crippen LogP contribution in [0.3, 0.4) is 0 Å². The number of hydrogen-bond donors (Lipinski definition) is 1. The van der Waals surface area contributed by atoms with Crippen molar-refractivity contribution in [2.24, 2.45) is 0 Å². The van der Waals surface area contributed by atoms with Gasteiger partial charge in [-0.3, -0.25) is 4.79 Å². The van der Waals surface area contributed by atoms with E-state index < -0.39 is 5.97 Å². The molecule has 1 N–H and O–H groups in total. The van der Waals surface area contributed by atoms with Crippen LogP contribution in [0.4, 0.5) is 0 Å². The van der Waals surface area contributed by atoms with Crippen molar-refractivity contribution in [3.8, 4) is 0 Å². The Hall–Kier alpha value is -1.32. The highest BCUT2D eigenvalue weighted by Gasteiger charge is 1.97. The van der Waals surface area contributed by atoms with Crippen LogP contribution in [-0.4, -0.2) is 36.0 Å². The Morgan fingerprint density at radius 1 is 1.30 bits per heavy atom. The number of aliphatic carboxylic acids is 1. The summed E-state index contributed by atoms with van der Waals surface area (Å²) in [7, 11) is 3.10. The largest absolute Gasteiger partial charge is 0.478 e. The molecule has 56 valence electrons. The zero-order valence-corrected chi connectivity index (χ0v) is 5.87. The van der Waals surface area contributed by atoms with Gasteiger partial charge >= 0.3 is 5.97 Å². The highest BCUT2D eigenvalue weighted by atomic mass is 16.4. The second-order valence-corrected chi connectivity index (χ2v) is 1.90. The fourth-order valence-electron chi connectivity index (χ4n) is 0.292. The van der Waals surface area contributed by atoms with Gasteiger partial charge in [0, 0.05) is 26.2 Å². The number of carbonyl (C=O) groups excluding carboxylic acids is 1. The van der Waals surface area contributed by atoms with E-state index in [0.29, 0.717) is 0 Å². The van der Waals surface area contributed by atoms with Crippen LogP contribution in [0.2, 0.25) is 0 Å². The lowest BCUT2D eigenvalue weighted by atomic mass is 10.4. The Morgan fingerprint density at radius 3 is 2.10 bits per heavy atom. The van der Waals surface area contributed by atoms with E-state index in [4.69, 9.17) is 5.11 Å². The summed E-state index contributed by atoms with van der Waals surface area (Å²) >= 11 is 0. The molecule has 0 aliphatic carbocycles. The van der Waals surface area contributed by atoms with E-state index in [1.165, 1.54) is 4.90 Å². The number of hydrogen-bond acceptors (Lipinski definition) is 2. The maximum absolute atomic E-state index is 10.6. The van der Waals surface area contributed by atoms with Crippen molar-refractivity contribution in [1.29, 1.82) is 0 Å². The second kappa shape index (κ2) is 3.66. The van der Waals surface area contributed by atoms with Gasteiger partial charge in [0.1, 0.15) is 0 Å². The van der Waals surface area contributed by atoms with Gasteiger partial charge in [0.25, 0.3) is 0 Å². The molecule has 0 aliphatic rings. The van der Waals surface area contributed by atoms with Gasteiger partial charge in [-0.15, -0.1) is 0 Å². The predicted molar refractivity (Wildman–Crippen MR) is 35.5 cm³/mol. The molecule has 1 amide bonds. The number of amides is 1. The molecule has 0 rings (SSSR count). The van der Waals surface area contributed by atoms with Crippen molar-refractivity contribution in [3.05, 3.63) is 12.2 Å². The fraction of sp³-hybridized carbons (Fsp3) is 0.333. The van der Waals surface area contributed by atoms with Gasteiger partial charge in [-0.2, -0.15) is 0 Å². The minimum atomic E-state index is -1.12. The molecule has 0 fully saturated rings. The number of carboxylic acid groups (broad SMARTS) is 1. The van der Waals surface area contributed by atoms with E-state index in [2.05, 4.69) is 0 Å². The van der Waals surface area contributed by atoms with Gasteiger partial charge in [-0.25, -0.2) is 4.79 Å². The average molecular weight is 143 g/mol. The fourth-order valence-corrected chi connectivity index (χ4v) is 0.292. The van der Waals surface area contributed by atoms with Crippen molar-refractivity contribution >= 4 is 11.9 Å². The van der Waals surface area contributed by atoms with Gasteiger partial charge in [0.05, 0.1) is 0 Å². The number of carbonyl (C=O) groups is 2. The Bertz CT molecular complexity index is 172. The topological polar surface area (TPSA) is 57.6 Å². The van der Waals surface area contributed by atoms with Gasteiger partial charge in [-0.05, 0) is 0 Å². The smallest absolute Gasteiger partial charge is 0.328 e. The summed E-state index contributed by atoms with van der Waals surface area (Å²) in [6.07, 6.45) is 1.81. The molecule has 4 heteroatoms. The van der Waals surface area contributed by atoms with Gasteiger partial charge in [0.15, 0.2) is 0 Å². The average Bonchev–Trinajstić information content (AvgIpc) is 1.82. The minimum Gasteiger partial charge on any atom is -0.478 e. The van der Waals surface area contributed by atoms with E-state index in [1.807, 2.05) is 0 Å². The molecule has 0 saturated heterocycles. The van der Waals surface area contributed by atoms with Gasteiger partial charge in [-0.1, -0.05) is 0 Å². The van der Waals surface area contributed by atoms with Gasteiger partial charge in [0.2, 0.25) is 5.91 Å². The first-order chi connectivity index (χ1) is 4.54. The molecule has 0 aromatic heterocycles. The molecule has 0 bridgehead atoms.